The monoisotopic (exact) mass is 178 g/mol. The molecule has 0 bridgehead atoms. The minimum Gasteiger partial charge on any atom is -0.662 e. The molecule has 2 fully saturated rings. The summed E-state index contributed by atoms with van der Waals surface area (Å²) in [6.45, 7) is 2.05. The first-order chi connectivity index (χ1) is 4.83. The molecule has 0 aromatic rings. The van der Waals surface area contributed by atoms with Gasteiger partial charge in [-0.2, -0.15) is 0 Å². The van der Waals surface area contributed by atoms with Crippen LogP contribution < -0.4 is 57.1 Å². The van der Waals surface area contributed by atoms with E-state index >= 15 is 0 Å². The summed E-state index contributed by atoms with van der Waals surface area (Å²) in [5.41, 5.74) is 6.49. The molecule has 0 radical (unpaired) electrons. The number of nitrogens with zero attached hydrogens (tertiary/aromatic N) is 1. The normalized spacial score (nSPS) is 34.1. The minimum atomic E-state index is 0. The maximum Gasteiger partial charge on any atom is 1.00 e. The zero-order valence-corrected chi connectivity index (χ0v) is 10.5. The van der Waals surface area contributed by atoms with Gasteiger partial charge in [0.15, 0.2) is 0 Å². The van der Waals surface area contributed by atoms with Crippen LogP contribution in [0.3, 0.4) is 0 Å². The fraction of sp³-hybridized carbons (Fsp3) is 1.00. The van der Waals surface area contributed by atoms with Crippen LogP contribution in [0.15, 0.2) is 0 Å². The van der Waals surface area contributed by atoms with E-state index in [-0.39, 0.29) is 51.4 Å². The first-order valence-corrected chi connectivity index (χ1v) is 4.22. The van der Waals surface area contributed by atoms with Gasteiger partial charge in [-0.25, -0.2) is 0 Å². The van der Waals surface area contributed by atoms with Crippen LogP contribution in [0.25, 0.3) is 5.32 Å². The second kappa shape index (κ2) is 4.18. The van der Waals surface area contributed by atoms with Gasteiger partial charge in [-0.3, -0.25) is 0 Å². The van der Waals surface area contributed by atoms with E-state index in [0.717, 1.165) is 19.5 Å². The second-order valence-electron chi connectivity index (χ2n) is 3.72. The van der Waals surface area contributed by atoms with E-state index in [1.807, 2.05) is 0 Å². The van der Waals surface area contributed by atoms with E-state index in [4.69, 9.17) is 5.73 Å². The van der Waals surface area contributed by atoms with E-state index in [1.165, 1.54) is 19.3 Å². The van der Waals surface area contributed by atoms with Gasteiger partial charge in [0.05, 0.1) is 0 Å². The van der Waals surface area contributed by atoms with Crippen LogP contribution in [0.4, 0.5) is 0 Å². The van der Waals surface area contributed by atoms with Gasteiger partial charge in [0, 0.05) is 6.04 Å². The molecule has 1 saturated heterocycles. The molecule has 11 heavy (non-hydrogen) atoms. The largest absolute Gasteiger partial charge is 1.00 e. The van der Waals surface area contributed by atoms with E-state index in [9.17, 15) is 0 Å². The molecule has 58 valence electrons. The van der Waals surface area contributed by atoms with Gasteiger partial charge in [-0.1, -0.05) is 12.8 Å². The van der Waals surface area contributed by atoms with E-state index in [2.05, 4.69) is 5.32 Å². The molecular formula is C8H15KN2. The Balaban J connectivity index is 0.000000605. The van der Waals surface area contributed by atoms with Crippen LogP contribution in [0.1, 0.15) is 25.7 Å². The SMILES string of the molecule is NC1CC[N-]CC12CCC2.[K+]. The van der Waals surface area contributed by atoms with Gasteiger partial charge in [0.25, 0.3) is 0 Å². The molecule has 1 unspecified atom stereocenters. The summed E-state index contributed by atoms with van der Waals surface area (Å²) >= 11 is 0. The first-order valence-electron chi connectivity index (χ1n) is 4.22. The fourth-order valence-corrected chi connectivity index (χ4v) is 2.12. The minimum absolute atomic E-state index is 0. The van der Waals surface area contributed by atoms with Crippen molar-refractivity contribution in [3.05, 3.63) is 5.32 Å². The Labute approximate surface area is 111 Å². The maximum atomic E-state index is 6.02. The van der Waals surface area contributed by atoms with Gasteiger partial charge in [0.2, 0.25) is 0 Å². The zero-order chi connectivity index (χ0) is 7.03. The van der Waals surface area contributed by atoms with Crippen molar-refractivity contribution in [3.63, 3.8) is 0 Å². The average Bonchev–Trinajstić information content (AvgIpc) is 1.85. The molecule has 0 amide bonds. The third kappa shape index (κ3) is 1.90. The van der Waals surface area contributed by atoms with Crippen molar-refractivity contribution >= 4 is 0 Å². The van der Waals surface area contributed by atoms with Crippen molar-refractivity contribution < 1.29 is 51.4 Å². The smallest absolute Gasteiger partial charge is 0.662 e. The Bertz CT molecular complexity index is 134. The summed E-state index contributed by atoms with van der Waals surface area (Å²) in [6, 6.07) is 0.457. The van der Waals surface area contributed by atoms with Crippen LogP contribution in [0.2, 0.25) is 0 Å². The number of rotatable bonds is 0. The summed E-state index contributed by atoms with van der Waals surface area (Å²) in [7, 11) is 0. The molecular weight excluding hydrogens is 163 g/mol. The molecule has 3 heteroatoms. The third-order valence-electron chi connectivity index (χ3n) is 3.16. The van der Waals surface area contributed by atoms with Crippen molar-refractivity contribution in [2.45, 2.75) is 31.7 Å². The van der Waals surface area contributed by atoms with Gasteiger partial charge in [-0.05, 0) is 18.3 Å². The first kappa shape index (κ1) is 10.6. The number of nitrogens with two attached hydrogens (primary N) is 1. The molecule has 1 aliphatic heterocycles. The third-order valence-corrected chi connectivity index (χ3v) is 3.16. The summed E-state index contributed by atoms with van der Waals surface area (Å²) < 4.78 is 0. The number of hydrogen-bond donors (Lipinski definition) is 1. The van der Waals surface area contributed by atoms with E-state index in [1.54, 1.807) is 0 Å². The Morgan fingerprint density at radius 1 is 1.36 bits per heavy atom. The van der Waals surface area contributed by atoms with Crippen molar-refractivity contribution in [1.29, 1.82) is 0 Å². The predicted octanol–water partition coefficient (Wildman–Crippen LogP) is -1.73. The maximum absolute atomic E-state index is 6.02. The summed E-state index contributed by atoms with van der Waals surface area (Å²) in [5, 5.41) is 4.42. The van der Waals surface area contributed by atoms with Gasteiger partial charge < -0.3 is 11.1 Å². The molecule has 1 atom stereocenters. The number of hydrogen-bond acceptors (Lipinski definition) is 1. The molecule has 1 aliphatic carbocycles. The summed E-state index contributed by atoms with van der Waals surface area (Å²) in [6.07, 6.45) is 5.17. The van der Waals surface area contributed by atoms with Crippen LogP contribution in [-0.2, 0) is 0 Å². The summed E-state index contributed by atoms with van der Waals surface area (Å²) in [5.74, 6) is 0. The van der Waals surface area contributed by atoms with Crippen molar-refractivity contribution in [1.82, 2.24) is 0 Å². The van der Waals surface area contributed by atoms with Crippen LogP contribution in [0.5, 0.6) is 0 Å². The molecule has 2 nitrogen and oxygen atoms in total. The topological polar surface area (TPSA) is 40.1 Å². The molecule has 0 aromatic carbocycles. The summed E-state index contributed by atoms with van der Waals surface area (Å²) in [4.78, 5) is 0. The Morgan fingerprint density at radius 2 is 2.09 bits per heavy atom. The van der Waals surface area contributed by atoms with E-state index < -0.39 is 0 Å². The molecule has 1 heterocycles. The standard InChI is InChI=1S/C8H15N2.K/c9-7-2-5-10-6-8(7)3-1-4-8;/h7H,1-6,9H2;/q-1;+1. The second-order valence-corrected chi connectivity index (χ2v) is 3.72. The number of piperidine rings is 1. The predicted molar refractivity (Wildman–Crippen MR) is 42.0 cm³/mol. The van der Waals surface area contributed by atoms with Gasteiger partial charge in [0.1, 0.15) is 0 Å². The van der Waals surface area contributed by atoms with Gasteiger partial charge in [-0.15, -0.1) is 13.1 Å². The molecule has 2 rings (SSSR count). The Morgan fingerprint density at radius 3 is 2.45 bits per heavy atom. The molecule has 1 spiro atoms. The Kier molecular flexibility index (Phi) is 4.04. The quantitative estimate of drug-likeness (QED) is 0.440. The Hall–Kier alpha value is 1.56. The van der Waals surface area contributed by atoms with Crippen LogP contribution in [0, 0.1) is 5.41 Å². The molecule has 2 aliphatic rings. The molecule has 0 aromatic heterocycles. The van der Waals surface area contributed by atoms with E-state index in [0.29, 0.717) is 11.5 Å². The zero-order valence-electron chi connectivity index (χ0n) is 7.34. The fourth-order valence-electron chi connectivity index (χ4n) is 2.12. The average molecular weight is 178 g/mol. The van der Waals surface area contributed by atoms with Crippen LogP contribution >= 0.6 is 0 Å². The molecule has 1 saturated carbocycles. The van der Waals surface area contributed by atoms with Crippen molar-refractivity contribution in [2.24, 2.45) is 11.1 Å². The van der Waals surface area contributed by atoms with Crippen molar-refractivity contribution in [3.8, 4) is 0 Å². The van der Waals surface area contributed by atoms with Gasteiger partial charge >= 0.3 is 51.4 Å². The molecule has 2 N–H and O–H groups in total. The van der Waals surface area contributed by atoms with Crippen LogP contribution in [-0.4, -0.2) is 19.1 Å². The van der Waals surface area contributed by atoms with Crippen molar-refractivity contribution in [2.75, 3.05) is 13.1 Å².